The third-order valence-electron chi connectivity index (χ3n) is 4.41. The van der Waals surface area contributed by atoms with Crippen molar-refractivity contribution in [1.29, 1.82) is 0 Å². The number of hydrogen-bond acceptors (Lipinski definition) is 5. The van der Waals surface area contributed by atoms with Crippen molar-refractivity contribution in [2.24, 2.45) is 4.99 Å². The number of likely N-dealkylation sites (tertiary alicyclic amines) is 1. The third-order valence-corrected chi connectivity index (χ3v) is 4.41. The van der Waals surface area contributed by atoms with Gasteiger partial charge in [0.25, 0.3) is 0 Å². The molecule has 3 atom stereocenters. The second-order valence-electron chi connectivity index (χ2n) is 8.32. The maximum absolute atomic E-state index is 12.4. The van der Waals surface area contributed by atoms with Crippen LogP contribution in [-0.4, -0.2) is 92.4 Å². The van der Waals surface area contributed by atoms with Crippen LogP contribution in [0.25, 0.3) is 0 Å². The van der Waals surface area contributed by atoms with Crippen molar-refractivity contribution >= 4 is 18.0 Å². The molecule has 2 unspecified atom stereocenters. The summed E-state index contributed by atoms with van der Waals surface area (Å²) in [5.74, 6) is 0.443. The SMILES string of the molecule is CCC(C)NC(=NCC(=O)N(C)C)NC1CN(C(=O)OC(C)(C)C)C[C@@H]1OC. The van der Waals surface area contributed by atoms with E-state index in [1.807, 2.05) is 27.7 Å². The number of carbonyl (C=O) groups excluding carboxylic acids is 2. The standard InChI is InChI=1S/C19H37N5O4/c1-9-13(2)21-17(20-10-16(25)23(6)7)22-14-11-24(12-15(14)27-8)18(26)28-19(3,4)5/h13-15H,9-12H2,1-8H3,(H2,20,21,22)/t13?,14?,15-/m0/s1. The number of rotatable bonds is 6. The van der Waals surface area contributed by atoms with Crippen LogP contribution in [0, 0.1) is 0 Å². The van der Waals surface area contributed by atoms with E-state index in [0.717, 1.165) is 6.42 Å². The molecule has 0 saturated carbocycles. The minimum atomic E-state index is -0.553. The van der Waals surface area contributed by atoms with Gasteiger partial charge < -0.3 is 29.9 Å². The number of guanidine groups is 1. The van der Waals surface area contributed by atoms with Crippen LogP contribution in [0.5, 0.6) is 0 Å². The average Bonchev–Trinajstić information content (AvgIpc) is 3.00. The van der Waals surface area contributed by atoms with Gasteiger partial charge in [0.15, 0.2) is 5.96 Å². The quantitative estimate of drug-likeness (QED) is 0.512. The molecule has 162 valence electrons. The van der Waals surface area contributed by atoms with E-state index in [1.165, 1.54) is 4.90 Å². The summed E-state index contributed by atoms with van der Waals surface area (Å²) in [4.78, 5) is 31.8. The van der Waals surface area contributed by atoms with Crippen LogP contribution in [0.1, 0.15) is 41.0 Å². The van der Waals surface area contributed by atoms with E-state index in [9.17, 15) is 9.59 Å². The van der Waals surface area contributed by atoms with Crippen LogP contribution in [0.4, 0.5) is 4.79 Å². The van der Waals surface area contributed by atoms with E-state index in [0.29, 0.717) is 19.0 Å². The van der Waals surface area contributed by atoms with E-state index in [2.05, 4.69) is 22.5 Å². The lowest BCUT2D eigenvalue weighted by molar-refractivity contribution is -0.127. The molecule has 9 nitrogen and oxygen atoms in total. The van der Waals surface area contributed by atoms with Crippen molar-refractivity contribution in [2.75, 3.05) is 40.8 Å². The highest BCUT2D eigenvalue weighted by Gasteiger charge is 2.38. The van der Waals surface area contributed by atoms with Crippen molar-refractivity contribution in [1.82, 2.24) is 20.4 Å². The molecule has 0 aromatic heterocycles. The highest BCUT2D eigenvalue weighted by Crippen LogP contribution is 2.17. The first-order valence-corrected chi connectivity index (χ1v) is 9.75. The Morgan fingerprint density at radius 3 is 2.43 bits per heavy atom. The third kappa shape index (κ3) is 7.92. The first-order chi connectivity index (χ1) is 13.0. The number of ether oxygens (including phenoxy) is 2. The molecule has 9 heteroatoms. The van der Waals surface area contributed by atoms with Crippen molar-refractivity contribution in [3.63, 3.8) is 0 Å². The number of aliphatic imine (C=N–C) groups is 1. The summed E-state index contributed by atoms with van der Waals surface area (Å²) in [7, 11) is 5.01. The van der Waals surface area contributed by atoms with E-state index >= 15 is 0 Å². The molecule has 2 N–H and O–H groups in total. The molecule has 1 fully saturated rings. The lowest BCUT2D eigenvalue weighted by Crippen LogP contribution is -2.51. The second kappa shape index (κ2) is 10.5. The Bertz CT molecular complexity index is 559. The second-order valence-corrected chi connectivity index (χ2v) is 8.32. The molecular weight excluding hydrogens is 362 g/mol. The molecule has 2 amide bonds. The molecule has 0 bridgehead atoms. The highest BCUT2D eigenvalue weighted by molar-refractivity contribution is 5.85. The molecule has 0 radical (unpaired) electrons. The largest absolute Gasteiger partial charge is 0.444 e. The molecule has 0 aromatic carbocycles. The number of nitrogens with zero attached hydrogens (tertiary/aromatic N) is 3. The number of likely N-dealkylation sites (N-methyl/N-ethyl adjacent to an activating group) is 1. The number of hydrogen-bond donors (Lipinski definition) is 2. The Hall–Kier alpha value is -2.03. The summed E-state index contributed by atoms with van der Waals surface area (Å²) in [5, 5.41) is 6.61. The van der Waals surface area contributed by atoms with Gasteiger partial charge in [0.2, 0.25) is 5.91 Å². The lowest BCUT2D eigenvalue weighted by Gasteiger charge is -2.25. The minimum Gasteiger partial charge on any atom is -0.444 e. The first kappa shape index (κ1) is 24.0. The summed E-state index contributed by atoms with van der Waals surface area (Å²) in [5.41, 5.74) is -0.553. The topological polar surface area (TPSA) is 95.5 Å². The van der Waals surface area contributed by atoms with Crippen LogP contribution in [-0.2, 0) is 14.3 Å². The zero-order valence-corrected chi connectivity index (χ0v) is 18.5. The monoisotopic (exact) mass is 399 g/mol. The number of methoxy groups -OCH3 is 1. The molecule has 0 aromatic rings. The number of amides is 2. The fourth-order valence-corrected chi connectivity index (χ4v) is 2.56. The Kier molecular flexibility index (Phi) is 9.00. The van der Waals surface area contributed by atoms with E-state index in [-0.39, 0.29) is 36.7 Å². The van der Waals surface area contributed by atoms with Gasteiger partial charge >= 0.3 is 6.09 Å². The van der Waals surface area contributed by atoms with Gasteiger partial charge in [-0.2, -0.15) is 0 Å². The minimum absolute atomic E-state index is 0.0406. The van der Waals surface area contributed by atoms with Crippen molar-refractivity contribution in [2.45, 2.75) is 64.8 Å². The van der Waals surface area contributed by atoms with Gasteiger partial charge in [0.05, 0.1) is 18.7 Å². The first-order valence-electron chi connectivity index (χ1n) is 9.75. The summed E-state index contributed by atoms with van der Waals surface area (Å²) >= 11 is 0. The fourth-order valence-electron chi connectivity index (χ4n) is 2.56. The number of nitrogens with one attached hydrogen (secondary N) is 2. The average molecular weight is 400 g/mol. The molecular formula is C19H37N5O4. The maximum atomic E-state index is 12.4. The summed E-state index contributed by atoms with van der Waals surface area (Å²) in [6.45, 7) is 10.5. The molecule has 1 heterocycles. The zero-order valence-electron chi connectivity index (χ0n) is 18.5. The van der Waals surface area contributed by atoms with Crippen LogP contribution < -0.4 is 10.6 Å². The summed E-state index contributed by atoms with van der Waals surface area (Å²) < 4.78 is 11.0. The predicted octanol–water partition coefficient (Wildman–Crippen LogP) is 1.04. The zero-order chi connectivity index (χ0) is 21.5. The Morgan fingerprint density at radius 2 is 1.93 bits per heavy atom. The molecule has 0 spiro atoms. The number of carbonyl (C=O) groups is 2. The van der Waals surface area contributed by atoms with Crippen molar-refractivity contribution in [3.8, 4) is 0 Å². The Labute approximate surface area is 168 Å². The molecule has 0 aliphatic carbocycles. The van der Waals surface area contributed by atoms with Gasteiger partial charge in [0.1, 0.15) is 12.1 Å². The van der Waals surface area contributed by atoms with Crippen LogP contribution in [0.2, 0.25) is 0 Å². The van der Waals surface area contributed by atoms with Crippen LogP contribution in [0.3, 0.4) is 0 Å². The lowest BCUT2D eigenvalue weighted by atomic mass is 10.2. The predicted molar refractivity (Wildman–Crippen MR) is 109 cm³/mol. The Balaban J connectivity index is 2.85. The van der Waals surface area contributed by atoms with E-state index in [4.69, 9.17) is 9.47 Å². The van der Waals surface area contributed by atoms with E-state index in [1.54, 1.807) is 26.1 Å². The highest BCUT2D eigenvalue weighted by atomic mass is 16.6. The normalized spacial score (nSPS) is 21.3. The van der Waals surface area contributed by atoms with Crippen molar-refractivity contribution < 1.29 is 19.1 Å². The van der Waals surface area contributed by atoms with Crippen LogP contribution >= 0.6 is 0 Å². The Morgan fingerprint density at radius 1 is 1.29 bits per heavy atom. The van der Waals surface area contributed by atoms with Gasteiger partial charge in [0, 0.05) is 33.8 Å². The van der Waals surface area contributed by atoms with Gasteiger partial charge in [-0.1, -0.05) is 6.92 Å². The smallest absolute Gasteiger partial charge is 0.410 e. The van der Waals surface area contributed by atoms with Gasteiger partial charge in [-0.3, -0.25) is 4.79 Å². The summed E-state index contributed by atoms with van der Waals surface area (Å²) in [6, 6.07) is 0.0207. The van der Waals surface area contributed by atoms with Gasteiger partial charge in [-0.25, -0.2) is 9.79 Å². The van der Waals surface area contributed by atoms with Crippen molar-refractivity contribution in [3.05, 3.63) is 0 Å². The fraction of sp³-hybridized carbons (Fsp3) is 0.842. The molecule has 1 aliphatic rings. The molecule has 1 rings (SSSR count). The van der Waals surface area contributed by atoms with E-state index < -0.39 is 5.60 Å². The summed E-state index contributed by atoms with van der Waals surface area (Å²) in [6.07, 6.45) is 0.334. The molecule has 1 aliphatic heterocycles. The van der Waals surface area contributed by atoms with Gasteiger partial charge in [-0.05, 0) is 34.1 Å². The molecule has 1 saturated heterocycles. The van der Waals surface area contributed by atoms with Crippen LogP contribution in [0.15, 0.2) is 4.99 Å². The van der Waals surface area contributed by atoms with Gasteiger partial charge in [-0.15, -0.1) is 0 Å². The molecule has 28 heavy (non-hydrogen) atoms. The maximum Gasteiger partial charge on any atom is 0.410 e.